The summed E-state index contributed by atoms with van der Waals surface area (Å²) < 4.78 is 16.1. The molecule has 1 aromatic carbocycles. The van der Waals surface area contributed by atoms with E-state index in [2.05, 4.69) is 32.3 Å². The van der Waals surface area contributed by atoms with E-state index in [0.717, 1.165) is 35.4 Å². The Hall–Kier alpha value is -2.77. The van der Waals surface area contributed by atoms with Crippen molar-refractivity contribution in [2.75, 3.05) is 26.9 Å². The Kier molecular flexibility index (Phi) is 6.16. The highest BCUT2D eigenvalue weighted by Gasteiger charge is 2.15. The van der Waals surface area contributed by atoms with E-state index in [1.807, 2.05) is 39.1 Å². The second-order valence-corrected chi connectivity index (χ2v) is 6.73. The van der Waals surface area contributed by atoms with Crippen LogP contribution in [-0.4, -0.2) is 47.9 Å². The van der Waals surface area contributed by atoms with Crippen molar-refractivity contribution in [3.63, 3.8) is 0 Å². The van der Waals surface area contributed by atoms with Gasteiger partial charge in [0.25, 0.3) is 0 Å². The van der Waals surface area contributed by atoms with Crippen molar-refractivity contribution in [2.45, 2.75) is 39.7 Å². The predicted molar refractivity (Wildman–Crippen MR) is 102 cm³/mol. The minimum absolute atomic E-state index is 0.260. The van der Waals surface area contributed by atoms with Gasteiger partial charge >= 0.3 is 0 Å². The van der Waals surface area contributed by atoms with E-state index in [-0.39, 0.29) is 12.7 Å². The lowest BCUT2D eigenvalue weighted by Crippen LogP contribution is -2.38. The molecule has 1 aliphatic heterocycles. The molecule has 0 radical (unpaired) electrons. The predicted octanol–water partition coefficient (Wildman–Crippen LogP) is 2.56. The molecule has 8 nitrogen and oxygen atoms in total. The molecule has 0 aliphatic carbocycles. The first-order valence-corrected chi connectivity index (χ1v) is 9.27. The summed E-state index contributed by atoms with van der Waals surface area (Å²) in [5.41, 5.74) is 1.13. The van der Waals surface area contributed by atoms with E-state index < -0.39 is 0 Å². The second kappa shape index (κ2) is 8.75. The van der Waals surface area contributed by atoms with Gasteiger partial charge in [0.2, 0.25) is 12.7 Å². The molecule has 1 aromatic heterocycles. The van der Waals surface area contributed by atoms with Gasteiger partial charge in [-0.1, -0.05) is 25.1 Å². The number of rotatable bonds is 7. The molecule has 0 fully saturated rings. The molecule has 0 saturated carbocycles. The minimum atomic E-state index is 0.260. The first-order chi connectivity index (χ1) is 13.1. The van der Waals surface area contributed by atoms with Crippen molar-refractivity contribution >= 4 is 5.96 Å². The minimum Gasteiger partial charge on any atom is -0.454 e. The summed E-state index contributed by atoms with van der Waals surface area (Å²) in [4.78, 5) is 11.1. The zero-order valence-corrected chi connectivity index (χ0v) is 16.4. The van der Waals surface area contributed by atoms with Gasteiger partial charge in [-0.05, 0) is 24.6 Å². The monoisotopic (exact) mass is 373 g/mol. The third-order valence-electron chi connectivity index (χ3n) is 4.14. The van der Waals surface area contributed by atoms with Gasteiger partial charge in [0.05, 0.1) is 6.54 Å². The van der Waals surface area contributed by atoms with Crippen LogP contribution in [0.2, 0.25) is 0 Å². The number of aromatic nitrogens is 2. The van der Waals surface area contributed by atoms with Crippen molar-refractivity contribution in [1.82, 2.24) is 20.4 Å². The molecular formula is C19H27N5O3. The zero-order valence-electron chi connectivity index (χ0n) is 16.4. The summed E-state index contributed by atoms with van der Waals surface area (Å²) in [5.74, 6) is 4.04. The molecule has 0 unspecified atom stereocenters. The molecular weight excluding hydrogens is 346 g/mol. The molecule has 3 rings (SSSR count). The van der Waals surface area contributed by atoms with Crippen LogP contribution in [0, 0.1) is 0 Å². The average molecular weight is 373 g/mol. The smallest absolute Gasteiger partial charge is 0.231 e. The van der Waals surface area contributed by atoms with Gasteiger partial charge in [-0.2, -0.15) is 4.98 Å². The molecule has 146 valence electrons. The fourth-order valence-electron chi connectivity index (χ4n) is 2.72. The molecule has 1 N–H and O–H groups in total. The Balaban J connectivity index is 1.60. The number of hydrogen-bond donors (Lipinski definition) is 1. The van der Waals surface area contributed by atoms with Crippen molar-refractivity contribution in [3.8, 4) is 11.5 Å². The fourth-order valence-corrected chi connectivity index (χ4v) is 2.72. The molecule has 0 spiro atoms. The van der Waals surface area contributed by atoms with Crippen molar-refractivity contribution < 1.29 is 14.0 Å². The Bertz CT molecular complexity index is 787. The number of benzene rings is 1. The number of nitrogens with one attached hydrogen (secondary N) is 1. The Morgan fingerprint density at radius 2 is 2.11 bits per heavy atom. The van der Waals surface area contributed by atoms with Crippen LogP contribution < -0.4 is 14.8 Å². The lowest BCUT2D eigenvalue weighted by atomic mass is 10.2. The van der Waals surface area contributed by atoms with Gasteiger partial charge in [0.15, 0.2) is 23.3 Å². The largest absolute Gasteiger partial charge is 0.454 e. The van der Waals surface area contributed by atoms with E-state index in [9.17, 15) is 0 Å². The third-order valence-corrected chi connectivity index (χ3v) is 4.14. The Morgan fingerprint density at radius 1 is 1.30 bits per heavy atom. The maximum atomic E-state index is 5.45. The lowest BCUT2D eigenvalue weighted by molar-refractivity contribution is 0.174. The summed E-state index contributed by atoms with van der Waals surface area (Å²) in [5, 5.41) is 7.30. The number of nitrogens with zero attached hydrogens (tertiary/aromatic N) is 4. The van der Waals surface area contributed by atoms with E-state index in [4.69, 9.17) is 14.0 Å². The number of aliphatic imine (C=N–C) groups is 1. The first kappa shape index (κ1) is 19.0. The standard InChI is InChI=1S/C19H27N5O3/c1-5-20-19(21-9-8-17-22-18(13(2)3)23-27-17)24(4)11-14-6-7-15-16(10-14)26-12-25-15/h6-7,10,13H,5,8-9,11-12H2,1-4H3,(H,20,21). The van der Waals surface area contributed by atoms with Gasteiger partial charge in [-0.3, -0.25) is 4.99 Å². The molecule has 2 heterocycles. The number of guanidine groups is 1. The highest BCUT2D eigenvalue weighted by Crippen LogP contribution is 2.32. The van der Waals surface area contributed by atoms with Gasteiger partial charge < -0.3 is 24.2 Å². The van der Waals surface area contributed by atoms with Crippen LogP contribution in [0.15, 0.2) is 27.7 Å². The first-order valence-electron chi connectivity index (χ1n) is 9.27. The van der Waals surface area contributed by atoms with Crippen LogP contribution in [0.4, 0.5) is 0 Å². The van der Waals surface area contributed by atoms with Gasteiger partial charge in [-0.15, -0.1) is 0 Å². The van der Waals surface area contributed by atoms with Crippen LogP contribution >= 0.6 is 0 Å². The Labute approximate surface area is 159 Å². The lowest BCUT2D eigenvalue weighted by Gasteiger charge is -2.22. The molecule has 1 aliphatic rings. The Morgan fingerprint density at radius 3 is 2.85 bits per heavy atom. The summed E-state index contributed by atoms with van der Waals surface area (Å²) in [6, 6.07) is 5.99. The van der Waals surface area contributed by atoms with Gasteiger partial charge in [-0.25, -0.2) is 0 Å². The molecule has 0 amide bonds. The quantitative estimate of drug-likeness (QED) is 0.590. The van der Waals surface area contributed by atoms with E-state index >= 15 is 0 Å². The summed E-state index contributed by atoms with van der Waals surface area (Å²) in [6.07, 6.45) is 0.618. The van der Waals surface area contributed by atoms with Gasteiger partial charge in [0, 0.05) is 32.5 Å². The average Bonchev–Trinajstić information content (AvgIpc) is 3.29. The topological polar surface area (TPSA) is 85.0 Å². The van der Waals surface area contributed by atoms with E-state index in [0.29, 0.717) is 25.4 Å². The number of hydrogen-bond acceptors (Lipinski definition) is 6. The molecule has 27 heavy (non-hydrogen) atoms. The van der Waals surface area contributed by atoms with E-state index in [1.54, 1.807) is 0 Å². The highest BCUT2D eigenvalue weighted by molar-refractivity contribution is 5.79. The molecule has 0 saturated heterocycles. The van der Waals surface area contributed by atoms with Crippen LogP contribution in [0.3, 0.4) is 0 Å². The molecule has 0 atom stereocenters. The summed E-state index contributed by atoms with van der Waals surface area (Å²) >= 11 is 0. The summed E-state index contributed by atoms with van der Waals surface area (Å²) in [6.45, 7) is 8.50. The normalized spacial score (nSPS) is 13.3. The third kappa shape index (κ3) is 4.90. The molecule has 0 bridgehead atoms. The highest BCUT2D eigenvalue weighted by atomic mass is 16.7. The van der Waals surface area contributed by atoms with Crippen LogP contribution in [0.5, 0.6) is 11.5 Å². The van der Waals surface area contributed by atoms with Crippen LogP contribution in [0.25, 0.3) is 0 Å². The fraction of sp³-hybridized carbons (Fsp3) is 0.526. The number of ether oxygens (including phenoxy) is 2. The van der Waals surface area contributed by atoms with Crippen molar-refractivity contribution in [1.29, 1.82) is 0 Å². The van der Waals surface area contributed by atoms with Gasteiger partial charge in [0.1, 0.15) is 0 Å². The van der Waals surface area contributed by atoms with E-state index in [1.165, 1.54) is 0 Å². The molecule has 8 heteroatoms. The second-order valence-electron chi connectivity index (χ2n) is 6.73. The summed E-state index contributed by atoms with van der Waals surface area (Å²) in [7, 11) is 2.01. The molecule has 2 aromatic rings. The van der Waals surface area contributed by atoms with Crippen LogP contribution in [-0.2, 0) is 13.0 Å². The SMILES string of the molecule is CCNC(=NCCc1nc(C(C)C)no1)N(C)Cc1ccc2c(c1)OCO2. The maximum absolute atomic E-state index is 5.45. The zero-order chi connectivity index (χ0) is 19.2. The maximum Gasteiger partial charge on any atom is 0.231 e. The van der Waals surface area contributed by atoms with Crippen LogP contribution in [0.1, 0.15) is 44.0 Å². The van der Waals surface area contributed by atoms with Crippen molar-refractivity contribution in [3.05, 3.63) is 35.5 Å². The van der Waals surface area contributed by atoms with Crippen molar-refractivity contribution in [2.24, 2.45) is 4.99 Å². The number of fused-ring (bicyclic) bond motifs is 1.